The van der Waals surface area contributed by atoms with Gasteiger partial charge in [-0.2, -0.15) is 23.5 Å². The summed E-state index contributed by atoms with van der Waals surface area (Å²) < 4.78 is 44.2. The Labute approximate surface area is 203 Å². The molecule has 0 unspecified atom stereocenters. The van der Waals surface area contributed by atoms with E-state index in [-0.39, 0.29) is 23.0 Å². The minimum atomic E-state index is -4.59. The summed E-state index contributed by atoms with van der Waals surface area (Å²) in [6, 6.07) is 14.4. The second kappa shape index (κ2) is 8.68. The molecule has 0 spiro atoms. The van der Waals surface area contributed by atoms with Crippen LogP contribution in [-0.2, 0) is 6.18 Å². The Kier molecular flexibility index (Phi) is 5.63. The van der Waals surface area contributed by atoms with Gasteiger partial charge in [-0.25, -0.2) is 9.48 Å². The highest BCUT2D eigenvalue weighted by Gasteiger charge is 2.32. The molecule has 2 aromatic carbocycles. The molecule has 182 valence electrons. The van der Waals surface area contributed by atoms with Crippen LogP contribution >= 0.6 is 0 Å². The van der Waals surface area contributed by atoms with Gasteiger partial charge in [0.15, 0.2) is 0 Å². The maximum absolute atomic E-state index is 13.7. The first-order chi connectivity index (χ1) is 17.2. The Bertz CT molecular complexity index is 1620. The van der Waals surface area contributed by atoms with Gasteiger partial charge in [0.25, 0.3) is 5.56 Å². The minimum absolute atomic E-state index is 0.0195. The fourth-order valence-corrected chi connectivity index (χ4v) is 4.49. The van der Waals surface area contributed by atoms with E-state index < -0.39 is 23.0 Å². The lowest BCUT2D eigenvalue weighted by Gasteiger charge is -2.29. The quantitative estimate of drug-likeness (QED) is 0.411. The van der Waals surface area contributed by atoms with Crippen molar-refractivity contribution in [1.82, 2.24) is 18.9 Å². The molecular weight excluding hydrogens is 471 g/mol. The highest BCUT2D eigenvalue weighted by molar-refractivity contribution is 5.64. The van der Waals surface area contributed by atoms with Gasteiger partial charge >= 0.3 is 11.9 Å². The second-order valence-corrected chi connectivity index (χ2v) is 8.67. The van der Waals surface area contributed by atoms with Gasteiger partial charge in [0.05, 0.1) is 46.0 Å². The van der Waals surface area contributed by atoms with Gasteiger partial charge in [0, 0.05) is 11.7 Å². The Hall–Kier alpha value is -4.39. The van der Waals surface area contributed by atoms with Crippen molar-refractivity contribution in [2.75, 3.05) is 0 Å². The molecule has 0 amide bonds. The number of nitrogens with zero attached hydrogens (tertiary/aromatic N) is 5. The number of halogens is 3. The zero-order chi connectivity index (χ0) is 25.6. The predicted octanol–water partition coefficient (Wildman–Crippen LogP) is 4.78. The second-order valence-electron chi connectivity index (χ2n) is 8.67. The summed E-state index contributed by atoms with van der Waals surface area (Å²) in [6.07, 6.45) is -0.969. The zero-order valence-corrected chi connectivity index (χ0v) is 19.2. The molecule has 7 nitrogen and oxygen atoms in total. The van der Waals surface area contributed by atoms with E-state index in [1.807, 2.05) is 6.07 Å². The largest absolute Gasteiger partial charge is 0.416 e. The average molecular weight is 491 g/mol. The molecule has 5 rings (SSSR count). The maximum Gasteiger partial charge on any atom is 0.416 e. The van der Waals surface area contributed by atoms with Crippen molar-refractivity contribution < 1.29 is 13.2 Å². The third kappa shape index (κ3) is 3.82. The molecule has 0 atom stereocenters. The molecule has 0 bridgehead atoms. The van der Waals surface area contributed by atoms with Crippen LogP contribution in [-0.4, -0.2) is 18.9 Å². The summed E-state index contributed by atoms with van der Waals surface area (Å²) in [6.45, 7) is 1.54. The Morgan fingerprint density at radius 2 is 1.75 bits per heavy atom. The monoisotopic (exact) mass is 491 g/mol. The molecule has 0 N–H and O–H groups in total. The van der Waals surface area contributed by atoms with Crippen molar-refractivity contribution in [2.45, 2.75) is 38.4 Å². The van der Waals surface area contributed by atoms with E-state index in [2.05, 4.69) is 5.10 Å². The first-order valence-electron chi connectivity index (χ1n) is 11.3. The van der Waals surface area contributed by atoms with Gasteiger partial charge < -0.3 is 0 Å². The predicted molar refractivity (Wildman–Crippen MR) is 126 cm³/mol. The molecule has 1 aliphatic rings. The van der Waals surface area contributed by atoms with E-state index >= 15 is 0 Å². The molecule has 0 radical (unpaired) electrons. The molecule has 36 heavy (non-hydrogen) atoms. The van der Waals surface area contributed by atoms with E-state index in [1.165, 1.54) is 27.6 Å². The number of benzene rings is 2. The van der Waals surface area contributed by atoms with Crippen LogP contribution in [0.25, 0.3) is 22.6 Å². The van der Waals surface area contributed by atoms with E-state index in [1.54, 1.807) is 37.3 Å². The standard InChI is InChI=1S/C26H20F3N5O2/c1-16-23(22-12-13-31-34(22)20-10-8-17(15-30)9-11-20)24(35)33(19-5-3-6-19)25(36)32(16)21-7-2-4-18(14-21)26(27,28)29/h2,4,7-14,19H,3,5-6H2,1H3. The molecule has 1 aliphatic carbocycles. The third-order valence-electron chi connectivity index (χ3n) is 6.54. The first kappa shape index (κ1) is 23.4. The van der Waals surface area contributed by atoms with Crippen molar-refractivity contribution in [1.29, 1.82) is 5.26 Å². The summed E-state index contributed by atoms with van der Waals surface area (Å²) in [5, 5.41) is 13.4. The highest BCUT2D eigenvalue weighted by atomic mass is 19.4. The first-order valence-corrected chi connectivity index (χ1v) is 11.3. The van der Waals surface area contributed by atoms with Crippen LogP contribution in [0.4, 0.5) is 13.2 Å². The number of aromatic nitrogens is 4. The highest BCUT2D eigenvalue weighted by Crippen LogP contribution is 2.33. The van der Waals surface area contributed by atoms with Gasteiger partial charge in [-0.1, -0.05) is 6.07 Å². The zero-order valence-electron chi connectivity index (χ0n) is 19.2. The van der Waals surface area contributed by atoms with Crippen LogP contribution in [0.3, 0.4) is 0 Å². The third-order valence-corrected chi connectivity index (χ3v) is 6.54. The number of rotatable bonds is 4. The van der Waals surface area contributed by atoms with Crippen LogP contribution in [0.15, 0.2) is 70.4 Å². The van der Waals surface area contributed by atoms with Crippen molar-refractivity contribution in [3.05, 3.63) is 98.5 Å². The fraction of sp³-hybridized carbons (Fsp3) is 0.231. The van der Waals surface area contributed by atoms with Crippen LogP contribution < -0.4 is 11.2 Å². The molecule has 4 aromatic rings. The molecular formula is C26H20F3N5O2. The van der Waals surface area contributed by atoms with Crippen LogP contribution in [0.5, 0.6) is 0 Å². The Balaban J connectivity index is 1.79. The normalized spacial score (nSPS) is 13.9. The molecule has 10 heteroatoms. The van der Waals surface area contributed by atoms with E-state index in [9.17, 15) is 22.8 Å². The van der Waals surface area contributed by atoms with Crippen molar-refractivity contribution in [3.63, 3.8) is 0 Å². The van der Waals surface area contributed by atoms with Crippen molar-refractivity contribution in [3.8, 4) is 28.7 Å². The molecule has 2 heterocycles. The number of alkyl halides is 3. The molecule has 1 saturated carbocycles. The summed E-state index contributed by atoms with van der Waals surface area (Å²) in [4.78, 5) is 27.3. The van der Waals surface area contributed by atoms with Crippen molar-refractivity contribution >= 4 is 0 Å². The van der Waals surface area contributed by atoms with E-state index in [4.69, 9.17) is 5.26 Å². The Morgan fingerprint density at radius 3 is 2.36 bits per heavy atom. The summed E-state index contributed by atoms with van der Waals surface area (Å²) >= 11 is 0. The average Bonchev–Trinajstić information content (AvgIpc) is 3.29. The maximum atomic E-state index is 13.7. The summed E-state index contributed by atoms with van der Waals surface area (Å²) in [7, 11) is 0. The lowest BCUT2D eigenvalue weighted by molar-refractivity contribution is -0.137. The lowest BCUT2D eigenvalue weighted by atomic mass is 9.92. The minimum Gasteiger partial charge on any atom is -0.268 e. The van der Waals surface area contributed by atoms with E-state index in [0.29, 0.717) is 29.8 Å². The van der Waals surface area contributed by atoms with Gasteiger partial charge in [0.1, 0.15) is 0 Å². The summed E-state index contributed by atoms with van der Waals surface area (Å²) in [5.74, 6) is 0. The van der Waals surface area contributed by atoms with E-state index in [0.717, 1.165) is 23.1 Å². The molecule has 0 aliphatic heterocycles. The van der Waals surface area contributed by atoms with Crippen LogP contribution in [0.1, 0.15) is 42.1 Å². The van der Waals surface area contributed by atoms with Crippen LogP contribution in [0.2, 0.25) is 0 Å². The smallest absolute Gasteiger partial charge is 0.268 e. The summed E-state index contributed by atoms with van der Waals surface area (Å²) in [5.41, 5.74) is -0.264. The van der Waals surface area contributed by atoms with Gasteiger partial charge in [-0.05, 0) is 74.7 Å². The van der Waals surface area contributed by atoms with Crippen LogP contribution in [0, 0.1) is 18.3 Å². The number of hydrogen-bond donors (Lipinski definition) is 0. The molecule has 1 fully saturated rings. The lowest BCUT2D eigenvalue weighted by Crippen LogP contribution is -2.45. The van der Waals surface area contributed by atoms with Gasteiger partial charge in [-0.15, -0.1) is 0 Å². The number of nitriles is 1. The Morgan fingerprint density at radius 1 is 1.03 bits per heavy atom. The molecule has 0 saturated heterocycles. The topological polar surface area (TPSA) is 85.6 Å². The number of hydrogen-bond acceptors (Lipinski definition) is 4. The SMILES string of the molecule is Cc1c(-c2ccnn2-c2ccc(C#N)cc2)c(=O)n(C2CCC2)c(=O)n1-c1cccc(C(F)(F)F)c1. The van der Waals surface area contributed by atoms with Crippen molar-refractivity contribution in [2.24, 2.45) is 0 Å². The fourth-order valence-electron chi connectivity index (χ4n) is 4.49. The molecule has 2 aromatic heterocycles. The van der Waals surface area contributed by atoms with Gasteiger partial charge in [0.2, 0.25) is 0 Å². The van der Waals surface area contributed by atoms with Gasteiger partial charge in [-0.3, -0.25) is 13.9 Å².